The minimum absolute atomic E-state index is 0.0421. The maximum absolute atomic E-state index is 14.5. The van der Waals surface area contributed by atoms with Crippen LogP contribution in [0.3, 0.4) is 0 Å². The number of rotatable bonds is 11. The van der Waals surface area contributed by atoms with Crippen molar-refractivity contribution in [1.29, 1.82) is 0 Å². The Morgan fingerprint density at radius 1 is 1.07 bits per heavy atom. The molecule has 6 rings (SSSR count). The fourth-order valence-electron chi connectivity index (χ4n) is 7.53. The van der Waals surface area contributed by atoms with E-state index in [0.29, 0.717) is 37.7 Å². The first-order valence-electron chi connectivity index (χ1n) is 14.9. The highest BCUT2D eigenvalue weighted by Gasteiger charge is 2.79. The predicted octanol–water partition coefficient (Wildman–Crippen LogP) is 1.79. The van der Waals surface area contributed by atoms with Crippen LogP contribution < -0.4 is 10.6 Å². The highest BCUT2D eigenvalue weighted by Crippen LogP contribution is 2.64. The van der Waals surface area contributed by atoms with Crippen LogP contribution in [0.1, 0.15) is 45.1 Å². The van der Waals surface area contributed by atoms with Crippen molar-refractivity contribution in [3.05, 3.63) is 60.2 Å². The Balaban J connectivity index is 1.37. The Labute approximate surface area is 244 Å². The predicted molar refractivity (Wildman–Crippen MR) is 154 cm³/mol. The van der Waals surface area contributed by atoms with Crippen LogP contribution in [0.15, 0.2) is 54.6 Å². The van der Waals surface area contributed by atoms with Crippen LogP contribution in [0.2, 0.25) is 0 Å². The lowest BCUT2D eigenvalue weighted by molar-refractivity contribution is -0.151. The lowest BCUT2D eigenvalue weighted by atomic mass is 9.65. The molecular weight excluding hydrogens is 536 g/mol. The van der Waals surface area contributed by atoms with Crippen molar-refractivity contribution in [1.82, 2.24) is 30.5 Å². The van der Waals surface area contributed by atoms with Crippen LogP contribution in [0, 0.1) is 11.8 Å². The van der Waals surface area contributed by atoms with Crippen LogP contribution >= 0.6 is 0 Å². The van der Waals surface area contributed by atoms with E-state index in [2.05, 4.69) is 20.9 Å². The van der Waals surface area contributed by atoms with Gasteiger partial charge in [-0.2, -0.15) is 0 Å². The Bertz CT molecular complexity index is 1480. The van der Waals surface area contributed by atoms with Crippen molar-refractivity contribution in [2.24, 2.45) is 11.8 Å². The number of carbonyl (C=O) groups excluding carboxylic acids is 3. The van der Waals surface area contributed by atoms with Crippen molar-refractivity contribution >= 4 is 28.8 Å². The lowest BCUT2D eigenvalue weighted by Crippen LogP contribution is -2.58. The smallest absolute Gasteiger partial charge is 0.247 e. The van der Waals surface area contributed by atoms with Crippen LogP contribution in [0.5, 0.6) is 0 Å². The average molecular weight is 575 g/mol. The summed E-state index contributed by atoms with van der Waals surface area (Å²) in [7, 11) is 0. The molecule has 2 bridgehead atoms. The number of aromatic nitrogens is 3. The molecule has 11 nitrogen and oxygen atoms in total. The maximum Gasteiger partial charge on any atom is 0.247 e. The minimum Gasteiger partial charge on any atom is -0.394 e. The summed E-state index contributed by atoms with van der Waals surface area (Å²) in [6, 6.07) is 15.3. The van der Waals surface area contributed by atoms with Crippen molar-refractivity contribution < 1.29 is 24.2 Å². The molecule has 0 saturated carbocycles. The fraction of sp³-hybridized carbons (Fsp3) is 0.516. The second-order valence-corrected chi connectivity index (χ2v) is 11.7. The largest absolute Gasteiger partial charge is 0.394 e. The van der Waals surface area contributed by atoms with Crippen molar-refractivity contribution in [2.75, 3.05) is 13.2 Å². The second-order valence-electron chi connectivity index (χ2n) is 11.7. The van der Waals surface area contributed by atoms with Gasteiger partial charge in [0.25, 0.3) is 0 Å². The number of para-hydroxylation sites is 1. The molecular formula is C31H38N6O5. The van der Waals surface area contributed by atoms with E-state index in [0.717, 1.165) is 17.5 Å². The maximum atomic E-state index is 14.5. The number of hydrogen-bond acceptors (Lipinski definition) is 7. The Morgan fingerprint density at radius 2 is 1.83 bits per heavy atom. The molecule has 4 heterocycles. The molecule has 1 aromatic heterocycles. The average Bonchev–Trinajstić information content (AvgIpc) is 3.75. The van der Waals surface area contributed by atoms with Gasteiger partial charge in [-0.1, -0.05) is 61.5 Å². The summed E-state index contributed by atoms with van der Waals surface area (Å²) in [6.07, 6.45) is 2.72. The molecule has 2 aromatic carbocycles. The normalized spacial score (nSPS) is 28.7. The topological polar surface area (TPSA) is 139 Å². The van der Waals surface area contributed by atoms with E-state index in [1.807, 2.05) is 68.4 Å². The number of likely N-dealkylation sites (tertiary alicyclic amines) is 1. The third-order valence-electron chi connectivity index (χ3n) is 9.44. The number of hydrogen-bond donors (Lipinski definition) is 3. The zero-order chi connectivity index (χ0) is 29.5. The highest BCUT2D eigenvalue weighted by molar-refractivity contribution is 5.99. The zero-order valence-electron chi connectivity index (χ0n) is 24.0. The van der Waals surface area contributed by atoms with Gasteiger partial charge in [-0.15, -0.1) is 5.10 Å². The van der Waals surface area contributed by atoms with Gasteiger partial charge in [0, 0.05) is 6.54 Å². The van der Waals surface area contributed by atoms with E-state index < -0.39 is 41.0 Å². The third-order valence-corrected chi connectivity index (χ3v) is 9.44. The summed E-state index contributed by atoms with van der Waals surface area (Å²) in [5, 5.41) is 24.9. The zero-order valence-corrected chi connectivity index (χ0v) is 24.0. The number of fused-ring (bicyclic) bond motifs is 2. The quantitative estimate of drug-likeness (QED) is 0.317. The summed E-state index contributed by atoms with van der Waals surface area (Å²) >= 11 is 0. The first kappa shape index (κ1) is 28.3. The molecule has 1 spiro atoms. The molecule has 2 unspecified atom stereocenters. The molecule has 3 aromatic rings. The minimum atomic E-state index is -1.18. The van der Waals surface area contributed by atoms with Gasteiger partial charge >= 0.3 is 0 Å². The van der Waals surface area contributed by atoms with Gasteiger partial charge < -0.3 is 25.4 Å². The third kappa shape index (κ3) is 4.37. The van der Waals surface area contributed by atoms with Gasteiger partial charge in [0.15, 0.2) is 0 Å². The number of carbonyl (C=O) groups is 3. The van der Waals surface area contributed by atoms with Gasteiger partial charge in [-0.25, -0.2) is 4.68 Å². The molecule has 42 heavy (non-hydrogen) atoms. The number of nitrogens with zero attached hydrogens (tertiary/aromatic N) is 4. The summed E-state index contributed by atoms with van der Waals surface area (Å²) in [4.78, 5) is 43.9. The molecule has 3 N–H and O–H groups in total. The number of aliphatic hydroxyl groups is 1. The van der Waals surface area contributed by atoms with E-state index in [1.54, 1.807) is 4.68 Å². The Kier molecular flexibility index (Phi) is 7.48. The van der Waals surface area contributed by atoms with E-state index in [1.165, 1.54) is 4.90 Å². The van der Waals surface area contributed by atoms with E-state index in [-0.39, 0.29) is 25.1 Å². The van der Waals surface area contributed by atoms with Crippen molar-refractivity contribution in [3.8, 4) is 0 Å². The molecule has 3 fully saturated rings. The molecule has 11 heteroatoms. The number of aliphatic hydroxyl groups excluding tert-OH is 1. The molecule has 3 amide bonds. The standard InChI is InChI=1S/C31H38N6O5/c1-3-16-32-27(39)24-25-29(41)37(21(18-38)17-20-10-6-5-7-11-20)26(31(25)15-14-30(24,4-2)42-31)28(40)33-19-36-23-13-9-8-12-22(23)34-35-36/h5-13,21,24-26,38H,3-4,14-19H2,1-2H3,(H,32,39)(H,33,40)/t21-,24+,25+,26?,30-,31?/m1/s1. The summed E-state index contributed by atoms with van der Waals surface area (Å²) < 4.78 is 8.42. The molecule has 3 aliphatic rings. The molecule has 222 valence electrons. The van der Waals surface area contributed by atoms with E-state index >= 15 is 0 Å². The molecule has 0 radical (unpaired) electrons. The first-order valence-corrected chi connectivity index (χ1v) is 14.9. The SMILES string of the molecule is CCCNC(=O)[C@@H]1[C@H]2C(=O)N([C@@H](CO)Cc3ccccc3)C(C(=O)NCn3nnc4ccccc43)C23CC[C@@]1(CC)O3. The van der Waals surface area contributed by atoms with Crippen molar-refractivity contribution in [3.63, 3.8) is 0 Å². The summed E-state index contributed by atoms with van der Waals surface area (Å²) in [5.74, 6) is -2.47. The molecule has 3 saturated heterocycles. The fourth-order valence-corrected chi connectivity index (χ4v) is 7.53. The van der Waals surface area contributed by atoms with E-state index in [4.69, 9.17) is 4.74 Å². The first-order chi connectivity index (χ1) is 20.4. The van der Waals surface area contributed by atoms with Gasteiger partial charge in [0.05, 0.1) is 35.6 Å². The summed E-state index contributed by atoms with van der Waals surface area (Å²) in [6.45, 7) is 4.15. The lowest BCUT2D eigenvalue weighted by Gasteiger charge is -2.37. The number of amides is 3. The van der Waals surface area contributed by atoms with Gasteiger partial charge in [-0.3, -0.25) is 14.4 Å². The molecule has 0 aliphatic carbocycles. The van der Waals surface area contributed by atoms with Gasteiger partial charge in [0.2, 0.25) is 17.7 Å². The molecule has 3 aliphatic heterocycles. The van der Waals surface area contributed by atoms with Crippen molar-refractivity contribution in [2.45, 2.75) is 75.9 Å². The number of ether oxygens (including phenoxy) is 1. The Morgan fingerprint density at radius 3 is 2.57 bits per heavy atom. The van der Waals surface area contributed by atoms with Gasteiger partial charge in [0.1, 0.15) is 23.8 Å². The highest BCUT2D eigenvalue weighted by atomic mass is 16.5. The number of benzene rings is 2. The monoisotopic (exact) mass is 574 g/mol. The number of nitrogens with one attached hydrogen (secondary N) is 2. The second kappa shape index (κ2) is 11.1. The summed E-state index contributed by atoms with van der Waals surface area (Å²) in [5.41, 5.74) is 0.398. The van der Waals surface area contributed by atoms with E-state index in [9.17, 15) is 19.5 Å². The Hall–Kier alpha value is -3.83. The van der Waals surface area contributed by atoms with Crippen LogP contribution in [0.25, 0.3) is 11.0 Å². The van der Waals surface area contributed by atoms with Gasteiger partial charge in [-0.05, 0) is 49.8 Å². The van der Waals surface area contributed by atoms with Crippen LogP contribution in [-0.4, -0.2) is 79.2 Å². The molecule has 6 atom stereocenters. The van der Waals surface area contributed by atoms with Crippen LogP contribution in [-0.2, 0) is 32.2 Å². The van der Waals surface area contributed by atoms with Crippen LogP contribution in [0.4, 0.5) is 0 Å².